The van der Waals surface area contributed by atoms with E-state index in [0.29, 0.717) is 29.5 Å². The molecule has 0 spiro atoms. The summed E-state index contributed by atoms with van der Waals surface area (Å²) in [4.78, 5) is 19.1. The minimum atomic E-state index is -0.547. The Labute approximate surface area is 227 Å². The van der Waals surface area contributed by atoms with Gasteiger partial charge in [0.05, 0.1) is 11.1 Å². The van der Waals surface area contributed by atoms with Crippen molar-refractivity contribution in [3.8, 4) is 0 Å². The minimum absolute atomic E-state index is 0.169. The van der Waals surface area contributed by atoms with E-state index >= 15 is 0 Å². The first-order chi connectivity index (χ1) is 18.2. The molecule has 0 saturated heterocycles. The summed E-state index contributed by atoms with van der Waals surface area (Å²) < 4.78 is 1.81. The van der Waals surface area contributed by atoms with Crippen LogP contribution < -0.4 is 5.56 Å². The van der Waals surface area contributed by atoms with Gasteiger partial charge in [0, 0.05) is 23.7 Å². The Kier molecular flexibility index (Phi) is 7.15. The second-order valence-corrected chi connectivity index (χ2v) is 11.0. The molecule has 0 fully saturated rings. The maximum atomic E-state index is 13.8. The van der Waals surface area contributed by atoms with Crippen molar-refractivity contribution in [1.29, 1.82) is 0 Å². The molecule has 38 heavy (non-hydrogen) atoms. The minimum Gasteiger partial charge on any atom is -0.321 e. The maximum Gasteiger partial charge on any atom is 0.253 e. The third-order valence-corrected chi connectivity index (χ3v) is 7.08. The second kappa shape index (κ2) is 10.5. The highest BCUT2D eigenvalue weighted by Gasteiger charge is 2.34. The first-order valence-corrected chi connectivity index (χ1v) is 13.0. The Morgan fingerprint density at radius 3 is 2.45 bits per heavy atom. The number of benzene rings is 3. The average Bonchev–Trinajstić information content (AvgIpc) is 3.37. The number of halogens is 1. The number of aryl methyl sites for hydroxylation is 1. The van der Waals surface area contributed by atoms with Gasteiger partial charge in [-0.05, 0) is 72.3 Å². The fourth-order valence-electron chi connectivity index (χ4n) is 4.85. The van der Waals surface area contributed by atoms with Crippen molar-refractivity contribution in [2.75, 3.05) is 0 Å². The lowest BCUT2D eigenvalue weighted by molar-refractivity contribution is 0.184. The number of tetrazole rings is 1. The maximum absolute atomic E-state index is 13.8. The van der Waals surface area contributed by atoms with Crippen molar-refractivity contribution in [3.63, 3.8) is 0 Å². The summed E-state index contributed by atoms with van der Waals surface area (Å²) in [6.07, 6.45) is 0. The van der Waals surface area contributed by atoms with E-state index in [1.54, 1.807) is 0 Å². The highest BCUT2D eigenvalue weighted by molar-refractivity contribution is 6.31. The van der Waals surface area contributed by atoms with Crippen molar-refractivity contribution in [1.82, 2.24) is 30.1 Å². The summed E-state index contributed by atoms with van der Waals surface area (Å²) in [7, 11) is 0. The first kappa shape index (κ1) is 25.8. The van der Waals surface area contributed by atoms with Crippen molar-refractivity contribution in [3.05, 3.63) is 122 Å². The molecule has 8 heteroatoms. The molecular formula is C30H31ClN6O. The van der Waals surface area contributed by atoms with Crippen LogP contribution in [0.1, 0.15) is 54.9 Å². The number of pyridine rings is 1. The van der Waals surface area contributed by atoms with E-state index in [1.165, 1.54) is 0 Å². The topological polar surface area (TPSA) is 79.7 Å². The average molecular weight is 527 g/mol. The van der Waals surface area contributed by atoms with Crippen LogP contribution in [-0.2, 0) is 18.6 Å². The van der Waals surface area contributed by atoms with Crippen molar-refractivity contribution in [2.45, 2.75) is 52.4 Å². The molecule has 5 rings (SSSR count). The fraction of sp³-hybridized carbons (Fsp3) is 0.267. The molecule has 2 aromatic heterocycles. The summed E-state index contributed by atoms with van der Waals surface area (Å²) in [6.45, 7) is 9.18. The predicted molar refractivity (Wildman–Crippen MR) is 151 cm³/mol. The van der Waals surface area contributed by atoms with E-state index < -0.39 is 11.6 Å². The largest absolute Gasteiger partial charge is 0.321 e. The number of hydrogen-bond acceptors (Lipinski definition) is 5. The van der Waals surface area contributed by atoms with E-state index in [2.05, 4.69) is 37.5 Å². The monoisotopic (exact) mass is 526 g/mol. The molecule has 0 aliphatic carbocycles. The van der Waals surface area contributed by atoms with Gasteiger partial charge in [0.2, 0.25) is 0 Å². The number of para-hydroxylation sites is 1. The molecule has 7 nitrogen and oxygen atoms in total. The van der Waals surface area contributed by atoms with Crippen LogP contribution in [0.15, 0.2) is 83.7 Å². The highest BCUT2D eigenvalue weighted by Crippen LogP contribution is 2.33. The number of aromatic nitrogens is 5. The smallest absolute Gasteiger partial charge is 0.253 e. The summed E-state index contributed by atoms with van der Waals surface area (Å²) in [5, 5.41) is 14.5. The summed E-state index contributed by atoms with van der Waals surface area (Å²) in [5.41, 5.74) is 3.91. The first-order valence-electron chi connectivity index (χ1n) is 12.6. The van der Waals surface area contributed by atoms with Gasteiger partial charge in [0.15, 0.2) is 5.82 Å². The van der Waals surface area contributed by atoms with Crippen LogP contribution in [-0.4, -0.2) is 30.1 Å². The third-order valence-electron chi connectivity index (χ3n) is 6.71. The standard InChI is InChI=1S/C30H31ClN6O/c1-20-11-10-15-22-17-24(29(38)32-26(20)22)27(28-33-34-35-37(28)30(2,3)4)36(18-21-12-6-5-7-13-21)19-23-14-8-9-16-25(23)31/h5-17,27H,18-19H2,1-4H3,(H,32,38)/t27-/m1/s1. The second-order valence-electron chi connectivity index (χ2n) is 10.6. The third kappa shape index (κ3) is 5.26. The summed E-state index contributed by atoms with van der Waals surface area (Å²) in [5.74, 6) is 0.595. The summed E-state index contributed by atoms with van der Waals surface area (Å²) in [6, 6.07) is 25.4. The number of nitrogens with one attached hydrogen (secondary N) is 1. The number of H-pyrrole nitrogens is 1. The molecular weight excluding hydrogens is 496 g/mol. The Bertz CT molecular complexity index is 1620. The van der Waals surface area contributed by atoms with Gasteiger partial charge in [0.25, 0.3) is 5.56 Å². The molecule has 1 N–H and O–H groups in total. The zero-order valence-electron chi connectivity index (χ0n) is 22.0. The quantitative estimate of drug-likeness (QED) is 0.280. The predicted octanol–water partition coefficient (Wildman–Crippen LogP) is 6.02. The van der Waals surface area contributed by atoms with Crippen LogP contribution in [0.25, 0.3) is 10.9 Å². The molecule has 1 atom stereocenters. The van der Waals surface area contributed by atoms with Gasteiger partial charge in [-0.25, -0.2) is 4.68 Å². The van der Waals surface area contributed by atoms with E-state index in [-0.39, 0.29) is 5.56 Å². The molecule has 0 unspecified atom stereocenters. The van der Waals surface area contributed by atoms with Gasteiger partial charge >= 0.3 is 0 Å². The molecule has 0 aliphatic rings. The Balaban J connectivity index is 1.75. The molecule has 5 aromatic rings. The SMILES string of the molecule is Cc1cccc2cc([C@H](c3nnnn3C(C)(C)C)N(Cc3ccccc3)Cc3ccccc3Cl)c(=O)[nH]c12. The van der Waals surface area contributed by atoms with Crippen molar-refractivity contribution < 1.29 is 0 Å². The molecule has 0 radical (unpaired) electrons. The number of fused-ring (bicyclic) bond motifs is 1. The van der Waals surface area contributed by atoms with Crippen LogP contribution in [0.2, 0.25) is 5.02 Å². The summed E-state index contributed by atoms with van der Waals surface area (Å²) >= 11 is 6.64. The highest BCUT2D eigenvalue weighted by atomic mass is 35.5. The lowest BCUT2D eigenvalue weighted by atomic mass is 9.99. The zero-order valence-corrected chi connectivity index (χ0v) is 22.8. The number of nitrogens with zero attached hydrogens (tertiary/aromatic N) is 5. The van der Waals surface area contributed by atoms with Gasteiger partial charge in [-0.15, -0.1) is 5.10 Å². The van der Waals surface area contributed by atoms with Gasteiger partial charge in [0.1, 0.15) is 6.04 Å². The van der Waals surface area contributed by atoms with Crippen LogP contribution in [0, 0.1) is 6.92 Å². The zero-order chi connectivity index (χ0) is 26.9. The fourth-order valence-corrected chi connectivity index (χ4v) is 5.04. The Morgan fingerprint density at radius 2 is 1.71 bits per heavy atom. The van der Waals surface area contributed by atoms with Crippen LogP contribution in [0.3, 0.4) is 0 Å². The Hall–Kier alpha value is -3.81. The van der Waals surface area contributed by atoms with E-state index in [1.807, 2.05) is 99.1 Å². The van der Waals surface area contributed by atoms with Gasteiger partial charge in [-0.1, -0.05) is 78.3 Å². The Morgan fingerprint density at radius 1 is 0.974 bits per heavy atom. The molecule has 0 aliphatic heterocycles. The van der Waals surface area contributed by atoms with Gasteiger partial charge in [-0.3, -0.25) is 9.69 Å². The lowest BCUT2D eigenvalue weighted by Gasteiger charge is -2.33. The van der Waals surface area contributed by atoms with Crippen LogP contribution in [0.4, 0.5) is 0 Å². The molecule has 0 saturated carbocycles. The van der Waals surface area contributed by atoms with E-state index in [9.17, 15) is 4.79 Å². The number of hydrogen-bond donors (Lipinski definition) is 1. The van der Waals surface area contributed by atoms with Crippen LogP contribution in [0.5, 0.6) is 0 Å². The van der Waals surface area contributed by atoms with Gasteiger partial charge in [-0.2, -0.15) is 0 Å². The molecule has 2 heterocycles. The molecule has 0 amide bonds. The molecule has 194 valence electrons. The molecule has 3 aromatic carbocycles. The number of rotatable bonds is 7. The van der Waals surface area contributed by atoms with E-state index in [0.717, 1.165) is 27.6 Å². The molecule has 0 bridgehead atoms. The lowest BCUT2D eigenvalue weighted by Crippen LogP contribution is -2.37. The number of aromatic amines is 1. The van der Waals surface area contributed by atoms with Gasteiger partial charge < -0.3 is 4.98 Å². The normalized spacial score (nSPS) is 12.8. The van der Waals surface area contributed by atoms with E-state index in [4.69, 9.17) is 11.6 Å². The van der Waals surface area contributed by atoms with Crippen LogP contribution >= 0.6 is 11.6 Å². The van der Waals surface area contributed by atoms with Crippen molar-refractivity contribution >= 4 is 22.5 Å². The van der Waals surface area contributed by atoms with Crippen molar-refractivity contribution in [2.24, 2.45) is 0 Å².